The Bertz CT molecular complexity index is 837. The second kappa shape index (κ2) is 5.63. The Balaban J connectivity index is 2.82. The van der Waals surface area contributed by atoms with Gasteiger partial charge in [-0.3, -0.25) is 4.79 Å². The Morgan fingerprint density at radius 3 is 2.38 bits per heavy atom. The van der Waals surface area contributed by atoms with Crippen LogP contribution in [0.1, 0.15) is 10.4 Å². The van der Waals surface area contributed by atoms with Crippen LogP contribution in [0.4, 0.5) is 10.1 Å². The Morgan fingerprint density at radius 1 is 1.19 bits per heavy atom. The fourth-order valence-electron chi connectivity index (χ4n) is 1.80. The van der Waals surface area contributed by atoms with Crippen molar-refractivity contribution >= 4 is 42.3 Å². The van der Waals surface area contributed by atoms with E-state index in [4.69, 9.17) is 28.0 Å². The maximum absolute atomic E-state index is 14.3. The van der Waals surface area contributed by atoms with Crippen LogP contribution in [0.15, 0.2) is 41.3 Å². The summed E-state index contributed by atoms with van der Waals surface area (Å²) in [7, 11) is 1.10. The molecule has 0 atom stereocenters. The molecule has 0 saturated heterocycles. The minimum absolute atomic E-state index is 0.131. The summed E-state index contributed by atoms with van der Waals surface area (Å²) in [5, 5.41) is -1.13. The van der Waals surface area contributed by atoms with Gasteiger partial charge in [0.1, 0.15) is 5.82 Å². The molecule has 0 aliphatic rings. The Morgan fingerprint density at radius 2 is 1.86 bits per heavy atom. The topological polar surface area (TPSA) is 77.2 Å². The second-order valence-corrected chi connectivity index (χ2v) is 7.08. The number of nitrogens with two attached hydrogens (primary N) is 1. The molecule has 0 bridgehead atoms. The van der Waals surface area contributed by atoms with Crippen molar-refractivity contribution in [2.24, 2.45) is 0 Å². The molecule has 0 amide bonds. The molecule has 0 spiro atoms. The van der Waals surface area contributed by atoms with Crippen LogP contribution >= 0.6 is 22.3 Å². The molecule has 2 aromatic carbocycles. The fraction of sp³-hybridized carbons (Fsp3) is 0. The zero-order valence-corrected chi connectivity index (χ0v) is 12.6. The van der Waals surface area contributed by atoms with E-state index in [1.165, 1.54) is 12.1 Å². The smallest absolute Gasteiger partial charge is 0.261 e. The normalized spacial score (nSPS) is 11.4. The van der Waals surface area contributed by atoms with Crippen molar-refractivity contribution in [2.45, 2.75) is 4.90 Å². The standard InChI is InChI=1S/C13H8Cl2FNO3S/c14-13(18)11-6-9(21(15,19)20)5-10(12(11)16)7-2-1-3-8(17)4-7/h1-6H,17H2. The molecule has 0 saturated carbocycles. The maximum atomic E-state index is 14.3. The van der Waals surface area contributed by atoms with Crippen LogP contribution < -0.4 is 5.73 Å². The van der Waals surface area contributed by atoms with E-state index in [-0.39, 0.29) is 5.56 Å². The van der Waals surface area contributed by atoms with Crippen LogP contribution in [0.5, 0.6) is 0 Å². The van der Waals surface area contributed by atoms with Gasteiger partial charge in [-0.1, -0.05) is 12.1 Å². The zero-order valence-electron chi connectivity index (χ0n) is 10.3. The highest BCUT2D eigenvalue weighted by molar-refractivity contribution is 8.13. The summed E-state index contributed by atoms with van der Waals surface area (Å²) in [5.41, 5.74) is 5.55. The zero-order chi connectivity index (χ0) is 15.8. The first-order valence-electron chi connectivity index (χ1n) is 5.54. The molecule has 21 heavy (non-hydrogen) atoms. The molecule has 0 heterocycles. The number of rotatable bonds is 3. The van der Waals surface area contributed by atoms with E-state index >= 15 is 0 Å². The van der Waals surface area contributed by atoms with E-state index in [2.05, 4.69) is 0 Å². The second-order valence-electron chi connectivity index (χ2n) is 4.17. The number of nitrogen functional groups attached to an aromatic ring is 1. The minimum Gasteiger partial charge on any atom is -0.399 e. The van der Waals surface area contributed by atoms with Gasteiger partial charge in [-0.15, -0.1) is 0 Å². The van der Waals surface area contributed by atoms with Crippen LogP contribution in [0.25, 0.3) is 11.1 Å². The molecule has 2 rings (SSSR count). The Labute approximate surface area is 129 Å². The summed E-state index contributed by atoms with van der Waals surface area (Å²) in [6, 6.07) is 7.91. The molecule has 0 radical (unpaired) electrons. The number of carbonyl (C=O) groups excluding carboxylic acids is 1. The fourth-order valence-corrected chi connectivity index (χ4v) is 2.72. The highest BCUT2D eigenvalue weighted by Crippen LogP contribution is 2.31. The molecule has 0 fully saturated rings. The van der Waals surface area contributed by atoms with Crippen LogP contribution in [0, 0.1) is 5.82 Å². The third-order valence-corrected chi connectivity index (χ3v) is 4.27. The van der Waals surface area contributed by atoms with E-state index in [0.29, 0.717) is 11.3 Å². The minimum atomic E-state index is -4.15. The van der Waals surface area contributed by atoms with Crippen LogP contribution in [0.3, 0.4) is 0 Å². The number of carbonyl (C=O) groups is 1. The molecule has 2 N–H and O–H groups in total. The first-order valence-corrected chi connectivity index (χ1v) is 8.23. The summed E-state index contributed by atoms with van der Waals surface area (Å²) in [4.78, 5) is 10.8. The van der Waals surface area contributed by atoms with Crippen molar-refractivity contribution in [2.75, 3.05) is 5.73 Å². The first-order chi connectivity index (χ1) is 9.70. The van der Waals surface area contributed by atoms with E-state index in [1.807, 2.05) is 0 Å². The molecule has 4 nitrogen and oxygen atoms in total. The van der Waals surface area contributed by atoms with Gasteiger partial charge in [-0.2, -0.15) is 0 Å². The van der Waals surface area contributed by atoms with Gasteiger partial charge in [-0.25, -0.2) is 12.8 Å². The SMILES string of the molecule is Nc1cccc(-c2cc(S(=O)(=O)Cl)cc(C(=O)Cl)c2F)c1. The van der Waals surface area contributed by atoms with Gasteiger partial charge in [0.2, 0.25) is 0 Å². The largest absolute Gasteiger partial charge is 0.399 e. The first kappa shape index (κ1) is 15.8. The van der Waals surface area contributed by atoms with Gasteiger partial charge in [0, 0.05) is 21.9 Å². The molecule has 8 heteroatoms. The quantitative estimate of drug-likeness (QED) is 0.681. The van der Waals surface area contributed by atoms with Gasteiger partial charge in [-0.05, 0) is 41.4 Å². The van der Waals surface area contributed by atoms with Gasteiger partial charge in [0.15, 0.2) is 0 Å². The predicted octanol–water partition coefficient (Wildman–Crippen LogP) is 3.38. The lowest BCUT2D eigenvalue weighted by atomic mass is 10.0. The summed E-state index contributed by atoms with van der Waals surface area (Å²) in [5.74, 6) is -0.940. The maximum Gasteiger partial charge on any atom is 0.261 e. The summed E-state index contributed by atoms with van der Waals surface area (Å²) >= 11 is 5.28. The monoisotopic (exact) mass is 347 g/mol. The number of hydrogen-bond acceptors (Lipinski definition) is 4. The van der Waals surface area contributed by atoms with Gasteiger partial charge >= 0.3 is 0 Å². The molecule has 0 aliphatic carbocycles. The highest BCUT2D eigenvalue weighted by atomic mass is 35.7. The van der Waals surface area contributed by atoms with E-state index in [1.54, 1.807) is 12.1 Å². The summed E-state index contributed by atoms with van der Waals surface area (Å²) < 4.78 is 37.2. The van der Waals surface area contributed by atoms with Crippen molar-refractivity contribution in [1.82, 2.24) is 0 Å². The van der Waals surface area contributed by atoms with Crippen LogP contribution in [-0.2, 0) is 9.05 Å². The summed E-state index contributed by atoms with van der Waals surface area (Å²) in [6.07, 6.45) is 0. The van der Waals surface area contributed by atoms with Gasteiger partial charge < -0.3 is 5.73 Å². The van der Waals surface area contributed by atoms with Crippen LogP contribution in [-0.4, -0.2) is 13.7 Å². The van der Waals surface area contributed by atoms with Gasteiger partial charge in [0.05, 0.1) is 10.5 Å². The predicted molar refractivity (Wildman–Crippen MR) is 79.5 cm³/mol. The van der Waals surface area contributed by atoms with Crippen molar-refractivity contribution in [1.29, 1.82) is 0 Å². The van der Waals surface area contributed by atoms with Gasteiger partial charge in [0.25, 0.3) is 14.3 Å². The van der Waals surface area contributed by atoms with Crippen LogP contribution in [0.2, 0.25) is 0 Å². The van der Waals surface area contributed by atoms with E-state index in [0.717, 1.165) is 12.1 Å². The van der Waals surface area contributed by atoms with Crippen molar-refractivity contribution < 1.29 is 17.6 Å². The lowest BCUT2D eigenvalue weighted by Gasteiger charge is -2.09. The van der Waals surface area contributed by atoms with Crippen molar-refractivity contribution in [3.63, 3.8) is 0 Å². The molecule has 0 aliphatic heterocycles. The Kier molecular flexibility index (Phi) is 4.22. The van der Waals surface area contributed by atoms with Crippen molar-refractivity contribution in [3.8, 4) is 11.1 Å². The summed E-state index contributed by atoms with van der Waals surface area (Å²) in [6.45, 7) is 0. The molecule has 110 valence electrons. The molecular weight excluding hydrogens is 340 g/mol. The number of halogens is 3. The highest BCUT2D eigenvalue weighted by Gasteiger charge is 2.21. The lowest BCUT2D eigenvalue weighted by Crippen LogP contribution is -2.02. The third-order valence-electron chi connectivity index (χ3n) is 2.74. The number of anilines is 1. The van der Waals surface area contributed by atoms with E-state index < -0.39 is 30.6 Å². The van der Waals surface area contributed by atoms with Crippen molar-refractivity contribution in [3.05, 3.63) is 47.8 Å². The number of hydrogen-bond donors (Lipinski definition) is 1. The molecular formula is C13H8Cl2FNO3S. The third kappa shape index (κ3) is 3.34. The molecule has 0 aromatic heterocycles. The molecule has 2 aromatic rings. The average Bonchev–Trinajstić information content (AvgIpc) is 2.37. The number of benzene rings is 2. The Hall–Kier alpha value is -1.63. The van der Waals surface area contributed by atoms with E-state index in [9.17, 15) is 17.6 Å². The lowest BCUT2D eigenvalue weighted by molar-refractivity contribution is 0.107. The average molecular weight is 348 g/mol. The molecule has 0 unspecified atom stereocenters.